The lowest BCUT2D eigenvalue weighted by atomic mass is 10.3. The van der Waals surface area contributed by atoms with Crippen molar-refractivity contribution in [3.8, 4) is 5.69 Å². The zero-order valence-corrected chi connectivity index (χ0v) is 11.7. The quantitative estimate of drug-likeness (QED) is 0.762. The summed E-state index contributed by atoms with van der Waals surface area (Å²) in [5.41, 5.74) is 0.198. The van der Waals surface area contributed by atoms with Crippen LogP contribution < -0.4 is 10.0 Å². The van der Waals surface area contributed by atoms with E-state index in [1.165, 1.54) is 29.2 Å². The summed E-state index contributed by atoms with van der Waals surface area (Å²) in [6, 6.07) is 6.02. The molecule has 0 spiro atoms. The maximum atomic E-state index is 13.6. The van der Waals surface area contributed by atoms with Gasteiger partial charge in [-0.25, -0.2) is 22.2 Å². The van der Waals surface area contributed by atoms with Crippen LogP contribution in [0.4, 0.5) is 4.39 Å². The number of likely N-dealkylation sites (N-methyl/N-ethyl adjacent to an activating group) is 1. The third-order valence-corrected chi connectivity index (χ3v) is 4.05. The molecule has 2 N–H and O–H groups in total. The molecule has 0 aliphatic heterocycles. The third kappa shape index (κ3) is 3.21. The zero-order valence-electron chi connectivity index (χ0n) is 10.9. The van der Waals surface area contributed by atoms with Gasteiger partial charge in [-0.15, -0.1) is 0 Å². The maximum Gasteiger partial charge on any atom is 0.243 e. The van der Waals surface area contributed by atoms with Gasteiger partial charge in [0.25, 0.3) is 0 Å². The van der Waals surface area contributed by atoms with Gasteiger partial charge in [0, 0.05) is 13.1 Å². The molecular weight excluding hydrogens is 283 g/mol. The van der Waals surface area contributed by atoms with Crippen LogP contribution in [0.1, 0.15) is 0 Å². The molecule has 1 aromatic heterocycles. The van der Waals surface area contributed by atoms with Gasteiger partial charge in [-0.3, -0.25) is 0 Å². The first-order chi connectivity index (χ1) is 9.54. The van der Waals surface area contributed by atoms with Crippen molar-refractivity contribution in [3.63, 3.8) is 0 Å². The van der Waals surface area contributed by atoms with Crippen molar-refractivity contribution in [2.24, 2.45) is 0 Å². The van der Waals surface area contributed by atoms with E-state index in [9.17, 15) is 12.8 Å². The van der Waals surface area contributed by atoms with E-state index in [-0.39, 0.29) is 17.1 Å². The Bertz CT molecular complexity index is 684. The van der Waals surface area contributed by atoms with Crippen molar-refractivity contribution in [2.45, 2.75) is 4.90 Å². The van der Waals surface area contributed by atoms with Gasteiger partial charge in [-0.05, 0) is 19.2 Å². The molecule has 8 heteroatoms. The molecule has 2 aromatic rings. The van der Waals surface area contributed by atoms with Gasteiger partial charge < -0.3 is 5.32 Å². The Labute approximate surface area is 116 Å². The smallest absolute Gasteiger partial charge is 0.243 e. The number of para-hydroxylation sites is 1. The van der Waals surface area contributed by atoms with Crippen molar-refractivity contribution in [1.82, 2.24) is 19.8 Å². The van der Waals surface area contributed by atoms with Gasteiger partial charge in [-0.2, -0.15) is 5.10 Å². The average molecular weight is 298 g/mol. The van der Waals surface area contributed by atoms with Gasteiger partial charge in [0.2, 0.25) is 10.0 Å². The number of aromatic nitrogens is 2. The largest absolute Gasteiger partial charge is 0.318 e. The molecule has 0 atom stereocenters. The van der Waals surface area contributed by atoms with E-state index in [1.807, 2.05) is 0 Å². The topological polar surface area (TPSA) is 76.0 Å². The highest BCUT2D eigenvalue weighted by atomic mass is 32.2. The number of rotatable bonds is 6. The zero-order chi connectivity index (χ0) is 14.6. The number of nitrogens with zero attached hydrogens (tertiary/aromatic N) is 2. The predicted octanol–water partition coefficient (Wildman–Crippen LogP) is 0.509. The Balaban J connectivity index is 2.23. The van der Waals surface area contributed by atoms with Crippen molar-refractivity contribution in [3.05, 3.63) is 42.5 Å². The highest BCUT2D eigenvalue weighted by Crippen LogP contribution is 2.14. The average Bonchev–Trinajstić information content (AvgIpc) is 2.90. The van der Waals surface area contributed by atoms with Gasteiger partial charge in [0.15, 0.2) is 0 Å². The fourth-order valence-electron chi connectivity index (χ4n) is 1.61. The second kappa shape index (κ2) is 6.12. The molecule has 0 aliphatic carbocycles. The second-order valence-electron chi connectivity index (χ2n) is 4.07. The van der Waals surface area contributed by atoms with Crippen molar-refractivity contribution >= 4 is 10.0 Å². The molecule has 0 aliphatic rings. The molecule has 2 rings (SSSR count). The minimum absolute atomic E-state index is 0.00291. The maximum absolute atomic E-state index is 13.6. The number of benzene rings is 1. The van der Waals surface area contributed by atoms with Crippen LogP contribution in [0.5, 0.6) is 0 Å². The standard InChI is InChI=1S/C12H15FN4O2S/c1-14-6-7-16-20(18,19)10-8-15-17(9-10)12-5-3-2-4-11(12)13/h2-5,8-9,14,16H,6-7H2,1H3. The molecular formula is C12H15FN4O2S. The second-order valence-corrected chi connectivity index (χ2v) is 5.84. The number of halogens is 1. The highest BCUT2D eigenvalue weighted by molar-refractivity contribution is 7.89. The fourth-order valence-corrected chi connectivity index (χ4v) is 2.57. The molecule has 0 amide bonds. The summed E-state index contributed by atoms with van der Waals surface area (Å²) in [6.45, 7) is 0.782. The van der Waals surface area contributed by atoms with Gasteiger partial charge in [0.05, 0.1) is 12.4 Å². The summed E-state index contributed by atoms with van der Waals surface area (Å²) in [5, 5.41) is 6.72. The number of sulfonamides is 1. The Hall–Kier alpha value is -1.77. The summed E-state index contributed by atoms with van der Waals surface area (Å²) in [4.78, 5) is -0.00291. The lowest BCUT2D eigenvalue weighted by Crippen LogP contribution is -2.30. The van der Waals surface area contributed by atoms with E-state index in [0.717, 1.165) is 0 Å². The summed E-state index contributed by atoms with van der Waals surface area (Å²) >= 11 is 0. The van der Waals surface area contributed by atoms with Gasteiger partial charge >= 0.3 is 0 Å². The summed E-state index contributed by atoms with van der Waals surface area (Å²) in [6.07, 6.45) is 2.47. The Morgan fingerprint density at radius 3 is 2.75 bits per heavy atom. The summed E-state index contributed by atoms with van der Waals surface area (Å²) in [5.74, 6) is -0.470. The Kier molecular flexibility index (Phi) is 4.48. The molecule has 6 nitrogen and oxygen atoms in total. The number of hydrogen-bond donors (Lipinski definition) is 2. The molecule has 20 heavy (non-hydrogen) atoms. The molecule has 0 saturated carbocycles. The SMILES string of the molecule is CNCCNS(=O)(=O)c1cnn(-c2ccccc2F)c1. The van der Waals surface area contributed by atoms with E-state index in [4.69, 9.17) is 0 Å². The Morgan fingerprint density at radius 1 is 1.30 bits per heavy atom. The van der Waals surface area contributed by atoms with Crippen molar-refractivity contribution in [1.29, 1.82) is 0 Å². The molecule has 0 bridgehead atoms. The van der Waals surface area contributed by atoms with Crippen molar-refractivity contribution < 1.29 is 12.8 Å². The van der Waals surface area contributed by atoms with Crippen molar-refractivity contribution in [2.75, 3.05) is 20.1 Å². The van der Waals surface area contributed by atoms with Gasteiger partial charge in [-0.1, -0.05) is 12.1 Å². The fraction of sp³-hybridized carbons (Fsp3) is 0.250. The predicted molar refractivity (Wildman–Crippen MR) is 72.6 cm³/mol. The van der Waals surface area contributed by atoms with E-state index < -0.39 is 15.8 Å². The van der Waals surface area contributed by atoms with Crippen LogP contribution in [-0.2, 0) is 10.0 Å². The monoisotopic (exact) mass is 298 g/mol. The van der Waals surface area contributed by atoms with Crippen LogP contribution in [0.2, 0.25) is 0 Å². The minimum atomic E-state index is -3.63. The van der Waals surface area contributed by atoms with Gasteiger partial charge in [0.1, 0.15) is 16.4 Å². The number of nitrogens with one attached hydrogen (secondary N) is 2. The first-order valence-electron chi connectivity index (χ1n) is 5.98. The lowest BCUT2D eigenvalue weighted by molar-refractivity contribution is 0.579. The van der Waals surface area contributed by atoms with E-state index in [2.05, 4.69) is 15.1 Å². The highest BCUT2D eigenvalue weighted by Gasteiger charge is 2.16. The molecule has 1 aromatic carbocycles. The molecule has 0 fully saturated rings. The molecule has 1 heterocycles. The lowest BCUT2D eigenvalue weighted by Gasteiger charge is -2.04. The van der Waals surface area contributed by atoms with Crippen LogP contribution in [-0.4, -0.2) is 38.3 Å². The van der Waals surface area contributed by atoms with Crippen LogP contribution >= 0.6 is 0 Å². The van der Waals surface area contributed by atoms with Crippen LogP contribution in [0.3, 0.4) is 0 Å². The van der Waals surface area contributed by atoms with Crippen LogP contribution in [0.25, 0.3) is 5.69 Å². The molecule has 0 radical (unpaired) electrons. The normalized spacial score (nSPS) is 11.7. The first-order valence-corrected chi connectivity index (χ1v) is 7.47. The summed E-state index contributed by atoms with van der Waals surface area (Å²) < 4.78 is 41.1. The molecule has 0 saturated heterocycles. The third-order valence-electron chi connectivity index (χ3n) is 2.64. The summed E-state index contributed by atoms with van der Waals surface area (Å²) in [7, 11) is -1.90. The molecule has 0 unspecified atom stereocenters. The van der Waals surface area contributed by atoms with E-state index in [0.29, 0.717) is 6.54 Å². The van der Waals surface area contributed by atoms with E-state index in [1.54, 1.807) is 19.2 Å². The molecule has 108 valence electrons. The van der Waals surface area contributed by atoms with E-state index >= 15 is 0 Å². The van der Waals surface area contributed by atoms with Crippen LogP contribution in [0.15, 0.2) is 41.6 Å². The first kappa shape index (κ1) is 14.6. The minimum Gasteiger partial charge on any atom is -0.318 e. The Morgan fingerprint density at radius 2 is 2.05 bits per heavy atom. The van der Waals surface area contributed by atoms with Crippen LogP contribution in [0, 0.1) is 5.82 Å². The number of hydrogen-bond acceptors (Lipinski definition) is 4.